The summed E-state index contributed by atoms with van der Waals surface area (Å²) in [6, 6.07) is 14.2. The highest BCUT2D eigenvalue weighted by Gasteiger charge is 2.24. The zero-order chi connectivity index (χ0) is 19.1. The van der Waals surface area contributed by atoms with E-state index in [0.29, 0.717) is 5.56 Å². The Labute approximate surface area is 163 Å². The lowest BCUT2D eigenvalue weighted by atomic mass is 9.95. The van der Waals surface area contributed by atoms with Crippen molar-refractivity contribution < 1.29 is 4.79 Å². The van der Waals surface area contributed by atoms with Crippen LogP contribution in [-0.4, -0.2) is 15.5 Å². The molecule has 1 fully saturated rings. The van der Waals surface area contributed by atoms with E-state index in [2.05, 4.69) is 22.4 Å². The van der Waals surface area contributed by atoms with Crippen molar-refractivity contribution in [3.8, 4) is 0 Å². The first-order valence-electron chi connectivity index (χ1n) is 10.3. The van der Waals surface area contributed by atoms with E-state index < -0.39 is 0 Å². The lowest BCUT2D eigenvalue weighted by Gasteiger charge is -2.22. The summed E-state index contributed by atoms with van der Waals surface area (Å²) < 4.78 is 1.89. The number of rotatable bonds is 3. The van der Waals surface area contributed by atoms with Crippen molar-refractivity contribution in [2.45, 2.75) is 57.0 Å². The molecule has 1 saturated carbocycles. The number of carbonyl (C=O) groups excluding carboxylic acids is 1. The number of carbonyl (C=O) groups is 1. The molecule has 2 N–H and O–H groups in total. The zero-order valence-corrected chi connectivity index (χ0v) is 15.9. The van der Waals surface area contributed by atoms with Crippen LogP contribution in [-0.2, 0) is 6.42 Å². The average molecular weight is 375 g/mol. The number of fused-ring (bicyclic) bond motifs is 2. The Hall–Kier alpha value is -2.82. The third-order valence-corrected chi connectivity index (χ3v) is 6.36. The maximum atomic E-state index is 12.8. The molecule has 5 nitrogen and oxygen atoms in total. The molecular weight excluding hydrogens is 350 g/mol. The normalized spacial score (nSPS) is 19.6. The molecule has 0 bridgehead atoms. The summed E-state index contributed by atoms with van der Waals surface area (Å²) in [6.45, 7) is 0. The van der Waals surface area contributed by atoms with E-state index in [4.69, 9.17) is 0 Å². The quantitative estimate of drug-likeness (QED) is 0.719. The van der Waals surface area contributed by atoms with Crippen molar-refractivity contribution in [2.75, 3.05) is 0 Å². The second-order valence-electron chi connectivity index (χ2n) is 8.09. The molecule has 0 spiro atoms. The van der Waals surface area contributed by atoms with Crippen molar-refractivity contribution >= 4 is 16.9 Å². The van der Waals surface area contributed by atoms with Gasteiger partial charge in [0, 0.05) is 11.6 Å². The first-order chi connectivity index (χ1) is 13.7. The molecule has 1 amide bonds. The van der Waals surface area contributed by atoms with Gasteiger partial charge in [-0.3, -0.25) is 9.36 Å². The maximum Gasteiger partial charge on any atom is 0.326 e. The van der Waals surface area contributed by atoms with Crippen molar-refractivity contribution in [3.05, 3.63) is 69.6 Å². The van der Waals surface area contributed by atoms with Gasteiger partial charge in [-0.1, -0.05) is 43.5 Å². The first kappa shape index (κ1) is 17.3. The van der Waals surface area contributed by atoms with E-state index in [1.165, 1.54) is 30.4 Å². The molecule has 3 aromatic rings. The Bertz CT molecular complexity index is 1090. The average Bonchev–Trinajstić information content (AvgIpc) is 3.28. The number of H-pyrrole nitrogens is 1. The third kappa shape index (κ3) is 2.95. The van der Waals surface area contributed by atoms with Crippen LogP contribution in [0.4, 0.5) is 0 Å². The van der Waals surface area contributed by atoms with Crippen LogP contribution in [0.2, 0.25) is 0 Å². The van der Waals surface area contributed by atoms with Crippen molar-refractivity contribution in [3.63, 3.8) is 0 Å². The van der Waals surface area contributed by atoms with Crippen LogP contribution in [0.15, 0.2) is 47.3 Å². The van der Waals surface area contributed by atoms with Crippen molar-refractivity contribution in [1.29, 1.82) is 0 Å². The van der Waals surface area contributed by atoms with E-state index >= 15 is 0 Å². The summed E-state index contributed by atoms with van der Waals surface area (Å²) in [5, 5.41) is 3.16. The van der Waals surface area contributed by atoms with Gasteiger partial charge in [0.15, 0.2) is 0 Å². The zero-order valence-electron chi connectivity index (χ0n) is 15.9. The molecule has 0 radical (unpaired) electrons. The highest BCUT2D eigenvalue weighted by atomic mass is 16.2. The van der Waals surface area contributed by atoms with Gasteiger partial charge < -0.3 is 10.3 Å². The third-order valence-electron chi connectivity index (χ3n) is 6.36. The molecule has 28 heavy (non-hydrogen) atoms. The molecule has 2 aliphatic carbocycles. The van der Waals surface area contributed by atoms with Crippen LogP contribution in [0, 0.1) is 0 Å². The Morgan fingerprint density at radius 1 is 1.04 bits per heavy atom. The SMILES string of the molecule is O=C(N[C@H]1CCc2ccccc21)c1ccc2c(c1)[nH]c(=O)n2C1CCCCC1. The molecule has 0 aliphatic heterocycles. The van der Waals surface area contributed by atoms with Crippen molar-refractivity contribution in [2.24, 2.45) is 0 Å². The molecule has 5 rings (SSSR count). The number of hydrogen-bond acceptors (Lipinski definition) is 2. The highest BCUT2D eigenvalue weighted by molar-refractivity contribution is 5.97. The number of hydrogen-bond donors (Lipinski definition) is 2. The van der Waals surface area contributed by atoms with Gasteiger partial charge in [0.25, 0.3) is 5.91 Å². The molecule has 2 aromatic carbocycles. The molecule has 1 aromatic heterocycles. The summed E-state index contributed by atoms with van der Waals surface area (Å²) >= 11 is 0. The molecule has 0 saturated heterocycles. The predicted molar refractivity (Wildman–Crippen MR) is 110 cm³/mol. The predicted octanol–water partition coefficient (Wildman–Crippen LogP) is 4.25. The minimum absolute atomic E-state index is 0.0604. The lowest BCUT2D eigenvalue weighted by Crippen LogP contribution is -2.27. The Morgan fingerprint density at radius 3 is 2.71 bits per heavy atom. The van der Waals surface area contributed by atoms with Crippen LogP contribution < -0.4 is 11.0 Å². The van der Waals surface area contributed by atoms with Gasteiger partial charge in [-0.2, -0.15) is 0 Å². The summed E-state index contributed by atoms with van der Waals surface area (Å²) in [5.74, 6) is -0.0881. The fourth-order valence-electron chi connectivity index (χ4n) is 4.92. The molecular formula is C23H25N3O2. The van der Waals surface area contributed by atoms with Gasteiger partial charge in [0.1, 0.15) is 0 Å². The summed E-state index contributed by atoms with van der Waals surface area (Å²) in [4.78, 5) is 28.3. The summed E-state index contributed by atoms with van der Waals surface area (Å²) in [6.07, 6.45) is 7.63. The van der Waals surface area contributed by atoms with E-state index in [1.807, 2.05) is 34.9 Å². The summed E-state index contributed by atoms with van der Waals surface area (Å²) in [5.41, 5.74) is 4.71. The molecule has 0 unspecified atom stereocenters. The lowest BCUT2D eigenvalue weighted by molar-refractivity contribution is 0.0937. The summed E-state index contributed by atoms with van der Waals surface area (Å²) in [7, 11) is 0. The van der Waals surface area contributed by atoms with Crippen LogP contribution in [0.25, 0.3) is 11.0 Å². The van der Waals surface area contributed by atoms with Crippen LogP contribution in [0.1, 0.15) is 72.1 Å². The van der Waals surface area contributed by atoms with E-state index in [1.54, 1.807) is 0 Å². The van der Waals surface area contributed by atoms with Crippen LogP contribution in [0.3, 0.4) is 0 Å². The van der Waals surface area contributed by atoms with Gasteiger partial charge in [0.05, 0.1) is 17.1 Å². The number of aromatic amines is 1. The van der Waals surface area contributed by atoms with Crippen molar-refractivity contribution in [1.82, 2.24) is 14.9 Å². The van der Waals surface area contributed by atoms with E-state index in [0.717, 1.165) is 36.7 Å². The number of nitrogens with zero attached hydrogens (tertiary/aromatic N) is 1. The number of imidazole rings is 1. The smallest absolute Gasteiger partial charge is 0.326 e. The standard InChI is InChI=1S/C23H25N3O2/c27-22(24-19-12-10-15-6-4-5-9-18(15)19)16-11-13-21-20(14-16)25-23(28)26(21)17-7-2-1-3-8-17/h4-6,9,11,13-14,17,19H,1-3,7-8,10,12H2,(H,24,27)(H,25,28)/t19-/m0/s1. The minimum atomic E-state index is -0.0881. The fourth-order valence-corrected chi connectivity index (χ4v) is 4.92. The van der Waals surface area contributed by atoms with Gasteiger partial charge in [0.2, 0.25) is 0 Å². The number of aromatic nitrogens is 2. The molecule has 144 valence electrons. The Morgan fingerprint density at radius 2 is 1.86 bits per heavy atom. The topological polar surface area (TPSA) is 66.9 Å². The maximum absolute atomic E-state index is 12.8. The minimum Gasteiger partial charge on any atom is -0.345 e. The van der Waals surface area contributed by atoms with Gasteiger partial charge in [-0.15, -0.1) is 0 Å². The molecule has 1 atom stereocenters. The first-order valence-corrected chi connectivity index (χ1v) is 10.3. The number of benzene rings is 2. The van der Waals surface area contributed by atoms with E-state index in [9.17, 15) is 9.59 Å². The van der Waals surface area contributed by atoms with Gasteiger partial charge in [-0.05, 0) is 55.0 Å². The highest BCUT2D eigenvalue weighted by Crippen LogP contribution is 2.32. The van der Waals surface area contributed by atoms with E-state index in [-0.39, 0.29) is 23.7 Å². The number of nitrogens with one attached hydrogen (secondary N) is 2. The van der Waals surface area contributed by atoms with Gasteiger partial charge >= 0.3 is 5.69 Å². The van der Waals surface area contributed by atoms with Crippen LogP contribution >= 0.6 is 0 Å². The molecule has 1 heterocycles. The largest absolute Gasteiger partial charge is 0.345 e. The fraction of sp³-hybridized carbons (Fsp3) is 0.391. The van der Waals surface area contributed by atoms with Crippen LogP contribution in [0.5, 0.6) is 0 Å². The Kier molecular flexibility index (Phi) is 4.30. The second kappa shape index (κ2) is 6.97. The van der Waals surface area contributed by atoms with Gasteiger partial charge in [-0.25, -0.2) is 4.79 Å². The molecule has 5 heteroatoms. The number of aryl methyl sites for hydroxylation is 1. The Balaban J connectivity index is 1.41. The molecule has 2 aliphatic rings. The monoisotopic (exact) mass is 375 g/mol. The second-order valence-corrected chi connectivity index (χ2v) is 8.09. The number of amides is 1.